The van der Waals surface area contributed by atoms with Crippen molar-refractivity contribution in [2.24, 2.45) is 5.10 Å². The second kappa shape index (κ2) is 8.27. The molecule has 1 aliphatic heterocycles. The third-order valence-electron chi connectivity index (χ3n) is 5.06. The molecule has 0 saturated carbocycles. The van der Waals surface area contributed by atoms with Gasteiger partial charge in [-0.25, -0.2) is 0 Å². The van der Waals surface area contributed by atoms with Gasteiger partial charge >= 0.3 is 0 Å². The number of rotatable bonds is 4. The predicted molar refractivity (Wildman–Crippen MR) is 119 cm³/mol. The molecule has 0 bridgehead atoms. The first-order valence-corrected chi connectivity index (χ1v) is 9.97. The Morgan fingerprint density at radius 3 is 2.10 bits per heavy atom. The molecule has 1 heterocycles. The number of amides is 1. The van der Waals surface area contributed by atoms with Crippen molar-refractivity contribution < 1.29 is 4.79 Å². The summed E-state index contributed by atoms with van der Waals surface area (Å²) in [4.78, 5) is 15.0. The van der Waals surface area contributed by atoms with E-state index in [0.717, 1.165) is 22.5 Å². The Labute approximate surface area is 179 Å². The van der Waals surface area contributed by atoms with Crippen molar-refractivity contribution in [2.45, 2.75) is 12.0 Å². The molecule has 0 aromatic heterocycles. The van der Waals surface area contributed by atoms with Gasteiger partial charge in [0.2, 0.25) is 0 Å². The van der Waals surface area contributed by atoms with Gasteiger partial charge in [0.25, 0.3) is 5.91 Å². The second-order valence-electron chi connectivity index (χ2n) is 6.87. The van der Waals surface area contributed by atoms with Crippen LogP contribution >= 0.6 is 23.2 Å². The molecule has 0 fully saturated rings. The van der Waals surface area contributed by atoms with E-state index >= 15 is 0 Å². The van der Waals surface area contributed by atoms with Crippen molar-refractivity contribution in [1.82, 2.24) is 5.43 Å². The van der Waals surface area contributed by atoms with E-state index in [2.05, 4.69) is 10.5 Å². The van der Waals surface area contributed by atoms with Gasteiger partial charge in [-0.05, 0) is 47.5 Å². The summed E-state index contributed by atoms with van der Waals surface area (Å²) >= 11 is 12.0. The van der Waals surface area contributed by atoms with E-state index in [4.69, 9.17) is 23.2 Å². The molecule has 3 aromatic rings. The lowest BCUT2D eigenvalue weighted by atomic mass is 9.84. The molecule has 4 nitrogen and oxygen atoms in total. The maximum absolute atomic E-state index is 13.4. The van der Waals surface area contributed by atoms with Gasteiger partial charge in [0.15, 0.2) is 0 Å². The number of nitrogens with zero attached hydrogens (tertiary/aromatic N) is 2. The van der Waals surface area contributed by atoms with Crippen LogP contribution in [0.1, 0.15) is 17.0 Å². The van der Waals surface area contributed by atoms with E-state index in [1.807, 2.05) is 66.7 Å². The van der Waals surface area contributed by atoms with Crippen LogP contribution < -0.4 is 10.3 Å². The summed E-state index contributed by atoms with van der Waals surface area (Å²) in [6.07, 6.45) is 0. The Kier molecular flexibility index (Phi) is 5.56. The standard InChI is InChI=1S/C23H19Cl2N3O/c1-28(19-13-11-18(25)12-14-19)23(29)22-20(15-5-3-2-4-6-15)21(26-27-22)16-7-9-17(24)10-8-16/h2-14,20,22,27H,1H3. The molecule has 0 aliphatic carbocycles. The summed E-state index contributed by atoms with van der Waals surface area (Å²) in [5.74, 6) is -0.298. The summed E-state index contributed by atoms with van der Waals surface area (Å²) < 4.78 is 0. The van der Waals surface area contributed by atoms with E-state index < -0.39 is 6.04 Å². The monoisotopic (exact) mass is 423 g/mol. The lowest BCUT2D eigenvalue weighted by Crippen LogP contribution is -2.45. The molecule has 3 aromatic carbocycles. The van der Waals surface area contributed by atoms with Crippen LogP contribution in [0.25, 0.3) is 0 Å². The van der Waals surface area contributed by atoms with Crippen LogP contribution in [0.15, 0.2) is 84.0 Å². The number of hydrazone groups is 1. The van der Waals surface area contributed by atoms with Crippen molar-refractivity contribution in [2.75, 3.05) is 11.9 Å². The number of hydrogen-bond acceptors (Lipinski definition) is 3. The fourth-order valence-electron chi connectivity index (χ4n) is 3.51. The first-order valence-electron chi connectivity index (χ1n) is 9.22. The van der Waals surface area contributed by atoms with Gasteiger partial charge in [-0.2, -0.15) is 5.10 Å². The average Bonchev–Trinajstić information content (AvgIpc) is 3.19. The molecule has 1 aliphatic rings. The molecule has 1 N–H and O–H groups in total. The second-order valence-corrected chi connectivity index (χ2v) is 7.75. The average molecular weight is 424 g/mol. The van der Waals surface area contributed by atoms with Crippen LogP contribution in [0.5, 0.6) is 0 Å². The van der Waals surface area contributed by atoms with Gasteiger partial charge in [-0.1, -0.05) is 65.7 Å². The number of benzene rings is 3. The lowest BCUT2D eigenvalue weighted by Gasteiger charge is -2.26. The van der Waals surface area contributed by atoms with Crippen LogP contribution in [-0.2, 0) is 4.79 Å². The number of carbonyl (C=O) groups excluding carboxylic acids is 1. The van der Waals surface area contributed by atoms with E-state index in [1.54, 1.807) is 24.1 Å². The molecule has 2 unspecified atom stereocenters. The van der Waals surface area contributed by atoms with Crippen LogP contribution in [-0.4, -0.2) is 24.7 Å². The molecule has 6 heteroatoms. The maximum Gasteiger partial charge on any atom is 0.251 e. The Morgan fingerprint density at radius 1 is 0.897 bits per heavy atom. The Hall–Kier alpha value is -2.82. The summed E-state index contributed by atoms with van der Waals surface area (Å²) in [5.41, 5.74) is 6.61. The van der Waals surface area contributed by atoms with Gasteiger partial charge in [-0.3, -0.25) is 10.2 Å². The highest BCUT2D eigenvalue weighted by Gasteiger charge is 2.40. The third-order valence-corrected chi connectivity index (χ3v) is 5.57. The minimum absolute atomic E-state index is 0.0751. The zero-order valence-electron chi connectivity index (χ0n) is 15.7. The van der Waals surface area contributed by atoms with Crippen molar-refractivity contribution >= 4 is 40.5 Å². The minimum Gasteiger partial charge on any atom is -0.314 e. The summed E-state index contributed by atoms with van der Waals surface area (Å²) in [6, 6.07) is 24.1. The normalized spacial score (nSPS) is 18.1. The molecule has 2 atom stereocenters. The number of hydrogen-bond donors (Lipinski definition) is 1. The molecule has 29 heavy (non-hydrogen) atoms. The molecular weight excluding hydrogens is 405 g/mol. The zero-order valence-corrected chi connectivity index (χ0v) is 17.2. The van der Waals surface area contributed by atoms with E-state index in [-0.39, 0.29) is 11.8 Å². The molecule has 1 amide bonds. The van der Waals surface area contributed by atoms with Crippen LogP contribution in [0.4, 0.5) is 5.69 Å². The number of nitrogens with one attached hydrogen (secondary N) is 1. The fourth-order valence-corrected chi connectivity index (χ4v) is 3.77. The van der Waals surface area contributed by atoms with Crippen molar-refractivity contribution in [3.05, 3.63) is 100 Å². The smallest absolute Gasteiger partial charge is 0.251 e. The largest absolute Gasteiger partial charge is 0.314 e. The van der Waals surface area contributed by atoms with Crippen molar-refractivity contribution in [3.8, 4) is 0 Å². The predicted octanol–water partition coefficient (Wildman–Crippen LogP) is 5.12. The van der Waals surface area contributed by atoms with Crippen LogP contribution in [0.2, 0.25) is 10.0 Å². The highest BCUT2D eigenvalue weighted by Crippen LogP contribution is 2.31. The highest BCUT2D eigenvalue weighted by molar-refractivity contribution is 6.31. The first kappa shape index (κ1) is 19.5. The lowest BCUT2D eigenvalue weighted by molar-refractivity contribution is -0.120. The van der Waals surface area contributed by atoms with Gasteiger partial charge in [-0.15, -0.1) is 0 Å². The van der Waals surface area contributed by atoms with Gasteiger partial charge in [0, 0.05) is 22.8 Å². The molecule has 146 valence electrons. The molecule has 4 rings (SSSR count). The Balaban J connectivity index is 1.68. The fraction of sp³-hybridized carbons (Fsp3) is 0.130. The van der Waals surface area contributed by atoms with Crippen LogP contribution in [0, 0.1) is 0 Å². The quantitative estimate of drug-likeness (QED) is 0.632. The summed E-state index contributed by atoms with van der Waals surface area (Å²) in [5, 5.41) is 5.83. The number of halogens is 2. The first-order chi connectivity index (χ1) is 14.0. The molecule has 0 saturated heterocycles. The van der Waals surface area contributed by atoms with E-state index in [0.29, 0.717) is 10.0 Å². The van der Waals surface area contributed by atoms with Gasteiger partial charge in [0.05, 0.1) is 11.6 Å². The van der Waals surface area contributed by atoms with E-state index in [9.17, 15) is 4.79 Å². The molecular formula is C23H19Cl2N3O. The topological polar surface area (TPSA) is 44.7 Å². The number of anilines is 1. The Bertz CT molecular complexity index is 1030. The van der Waals surface area contributed by atoms with Crippen LogP contribution in [0.3, 0.4) is 0 Å². The number of likely N-dealkylation sites (N-methyl/N-ethyl adjacent to an activating group) is 1. The Morgan fingerprint density at radius 2 is 1.48 bits per heavy atom. The SMILES string of the molecule is CN(C(=O)C1NN=C(c2ccc(Cl)cc2)C1c1ccccc1)c1ccc(Cl)cc1. The van der Waals surface area contributed by atoms with Gasteiger partial charge in [0.1, 0.15) is 6.04 Å². The summed E-state index contributed by atoms with van der Waals surface area (Å²) in [6.45, 7) is 0. The number of carbonyl (C=O) groups is 1. The minimum atomic E-state index is -0.524. The molecule has 0 radical (unpaired) electrons. The zero-order chi connectivity index (χ0) is 20.4. The molecule has 0 spiro atoms. The van der Waals surface area contributed by atoms with Gasteiger partial charge < -0.3 is 4.90 Å². The van der Waals surface area contributed by atoms with E-state index in [1.165, 1.54) is 0 Å². The van der Waals surface area contributed by atoms with Crippen molar-refractivity contribution in [3.63, 3.8) is 0 Å². The summed E-state index contributed by atoms with van der Waals surface area (Å²) in [7, 11) is 1.76. The maximum atomic E-state index is 13.4. The third kappa shape index (κ3) is 4.00. The highest BCUT2D eigenvalue weighted by atomic mass is 35.5. The van der Waals surface area contributed by atoms with Crippen molar-refractivity contribution in [1.29, 1.82) is 0 Å².